The monoisotopic (exact) mass is 264 g/mol. The summed E-state index contributed by atoms with van der Waals surface area (Å²) in [5, 5.41) is 11.6. The molecule has 0 saturated heterocycles. The van der Waals surface area contributed by atoms with Gasteiger partial charge < -0.3 is 10.4 Å². The van der Waals surface area contributed by atoms with Gasteiger partial charge in [0.1, 0.15) is 0 Å². The van der Waals surface area contributed by atoms with Crippen molar-refractivity contribution in [2.45, 2.75) is 20.8 Å². The van der Waals surface area contributed by atoms with Gasteiger partial charge in [-0.25, -0.2) is 4.79 Å². The normalized spacial score (nSPS) is 10.9. The fourth-order valence-corrected chi connectivity index (χ4v) is 1.54. The van der Waals surface area contributed by atoms with E-state index in [4.69, 9.17) is 5.11 Å². The quantitative estimate of drug-likeness (QED) is 0.876. The highest BCUT2D eigenvalue weighted by atomic mass is 16.4. The van der Waals surface area contributed by atoms with Crippen molar-refractivity contribution < 1.29 is 14.7 Å². The number of benzene rings is 1. The molecule has 1 aromatic rings. The smallest absolute Gasteiger partial charge is 0.321 e. The van der Waals surface area contributed by atoms with Crippen LogP contribution in [0.3, 0.4) is 0 Å². The number of carboxylic acids is 1. The van der Waals surface area contributed by atoms with Crippen molar-refractivity contribution in [2.75, 3.05) is 18.5 Å². The summed E-state index contributed by atoms with van der Waals surface area (Å²) in [7, 11) is 1.66. The Morgan fingerprint density at radius 2 is 1.89 bits per heavy atom. The Morgan fingerprint density at radius 3 is 2.42 bits per heavy atom. The SMILES string of the molecule is Cc1ccccc1N(C)C(=O)NCC(C)(C)C(=O)O. The van der Waals surface area contributed by atoms with Crippen LogP contribution in [0.4, 0.5) is 10.5 Å². The van der Waals surface area contributed by atoms with Gasteiger partial charge >= 0.3 is 12.0 Å². The minimum absolute atomic E-state index is 0.0807. The molecule has 0 bridgehead atoms. The summed E-state index contributed by atoms with van der Waals surface area (Å²) >= 11 is 0. The van der Waals surface area contributed by atoms with E-state index in [1.165, 1.54) is 4.90 Å². The lowest BCUT2D eigenvalue weighted by Crippen LogP contribution is -2.44. The van der Waals surface area contributed by atoms with Gasteiger partial charge in [0.15, 0.2) is 0 Å². The number of carbonyl (C=O) groups excluding carboxylic acids is 1. The summed E-state index contributed by atoms with van der Waals surface area (Å²) in [6, 6.07) is 7.20. The molecule has 0 spiro atoms. The van der Waals surface area contributed by atoms with Crippen LogP contribution in [-0.4, -0.2) is 30.7 Å². The fraction of sp³-hybridized carbons (Fsp3) is 0.429. The molecule has 2 N–H and O–H groups in total. The van der Waals surface area contributed by atoms with Gasteiger partial charge in [-0.2, -0.15) is 0 Å². The summed E-state index contributed by atoms with van der Waals surface area (Å²) in [5.74, 6) is -0.939. The first kappa shape index (κ1) is 15.0. The molecule has 0 saturated carbocycles. The van der Waals surface area contributed by atoms with Crippen molar-refractivity contribution in [1.82, 2.24) is 5.32 Å². The summed E-state index contributed by atoms with van der Waals surface area (Å²) in [5.41, 5.74) is 0.799. The number of hydrogen-bond donors (Lipinski definition) is 2. The van der Waals surface area contributed by atoms with Gasteiger partial charge in [-0.05, 0) is 32.4 Å². The molecule has 19 heavy (non-hydrogen) atoms. The molecule has 0 aromatic heterocycles. The predicted molar refractivity (Wildman–Crippen MR) is 74.4 cm³/mol. The Labute approximate surface area is 113 Å². The molecule has 0 aliphatic rings. The minimum Gasteiger partial charge on any atom is -0.481 e. The first-order valence-corrected chi connectivity index (χ1v) is 6.06. The number of anilines is 1. The third-order valence-electron chi connectivity index (χ3n) is 3.04. The van der Waals surface area contributed by atoms with Gasteiger partial charge in [-0.1, -0.05) is 18.2 Å². The molecule has 1 aromatic carbocycles. The molecule has 0 unspecified atom stereocenters. The van der Waals surface area contributed by atoms with E-state index in [1.54, 1.807) is 20.9 Å². The highest BCUT2D eigenvalue weighted by Gasteiger charge is 2.28. The van der Waals surface area contributed by atoms with Crippen LogP contribution in [0.5, 0.6) is 0 Å². The van der Waals surface area contributed by atoms with Crippen molar-refractivity contribution in [1.29, 1.82) is 0 Å². The van der Waals surface area contributed by atoms with Crippen LogP contribution in [0.25, 0.3) is 0 Å². The summed E-state index contributed by atoms with van der Waals surface area (Å²) in [6.45, 7) is 5.14. The van der Waals surface area contributed by atoms with E-state index in [2.05, 4.69) is 5.32 Å². The van der Waals surface area contributed by atoms with E-state index in [9.17, 15) is 9.59 Å². The molecule has 0 aliphatic heterocycles. The predicted octanol–water partition coefficient (Wildman–Crippen LogP) is 2.25. The molecule has 1 rings (SSSR count). The van der Waals surface area contributed by atoms with Crippen LogP contribution in [-0.2, 0) is 4.79 Å². The van der Waals surface area contributed by atoms with E-state index in [0.717, 1.165) is 11.3 Å². The first-order chi connectivity index (χ1) is 8.75. The highest BCUT2D eigenvalue weighted by Crippen LogP contribution is 2.18. The van der Waals surface area contributed by atoms with E-state index >= 15 is 0 Å². The Kier molecular flexibility index (Phi) is 4.53. The molecule has 104 valence electrons. The third-order valence-corrected chi connectivity index (χ3v) is 3.04. The second-order valence-corrected chi connectivity index (χ2v) is 5.19. The van der Waals surface area contributed by atoms with Crippen molar-refractivity contribution in [3.8, 4) is 0 Å². The number of para-hydroxylation sites is 1. The van der Waals surface area contributed by atoms with Crippen molar-refractivity contribution in [3.05, 3.63) is 29.8 Å². The van der Waals surface area contributed by atoms with Crippen molar-refractivity contribution >= 4 is 17.7 Å². The number of aryl methyl sites for hydroxylation is 1. The van der Waals surface area contributed by atoms with Crippen LogP contribution in [0.15, 0.2) is 24.3 Å². The van der Waals surface area contributed by atoms with E-state index in [-0.39, 0.29) is 12.6 Å². The van der Waals surface area contributed by atoms with Gasteiger partial charge in [-0.3, -0.25) is 9.69 Å². The van der Waals surface area contributed by atoms with Gasteiger partial charge in [0.2, 0.25) is 0 Å². The number of amides is 2. The molecule has 0 aliphatic carbocycles. The molecular weight excluding hydrogens is 244 g/mol. The number of urea groups is 1. The molecule has 5 nitrogen and oxygen atoms in total. The maximum Gasteiger partial charge on any atom is 0.321 e. The summed E-state index contributed by atoms with van der Waals surface area (Å²) in [4.78, 5) is 24.4. The van der Waals surface area contributed by atoms with Crippen LogP contribution < -0.4 is 10.2 Å². The Morgan fingerprint density at radius 1 is 1.32 bits per heavy atom. The van der Waals surface area contributed by atoms with Crippen LogP contribution in [0, 0.1) is 12.3 Å². The van der Waals surface area contributed by atoms with E-state index in [1.807, 2.05) is 31.2 Å². The second kappa shape index (κ2) is 5.73. The molecule has 5 heteroatoms. The number of hydrogen-bond acceptors (Lipinski definition) is 2. The standard InChI is InChI=1S/C14H20N2O3/c1-10-7-5-6-8-11(10)16(4)13(19)15-9-14(2,3)12(17)18/h5-8H,9H2,1-4H3,(H,15,19)(H,17,18). The van der Waals surface area contributed by atoms with Crippen molar-refractivity contribution in [2.24, 2.45) is 5.41 Å². The average molecular weight is 264 g/mol. The van der Waals surface area contributed by atoms with Crippen molar-refractivity contribution in [3.63, 3.8) is 0 Å². The molecule has 0 atom stereocenters. The zero-order chi connectivity index (χ0) is 14.6. The second-order valence-electron chi connectivity index (χ2n) is 5.19. The van der Waals surface area contributed by atoms with Gasteiger partial charge in [0.25, 0.3) is 0 Å². The number of aliphatic carboxylic acids is 1. The topological polar surface area (TPSA) is 69.6 Å². The molecule has 0 radical (unpaired) electrons. The maximum atomic E-state index is 12.0. The first-order valence-electron chi connectivity index (χ1n) is 6.06. The van der Waals surface area contributed by atoms with Crippen LogP contribution >= 0.6 is 0 Å². The Bertz CT molecular complexity index is 483. The Hall–Kier alpha value is -2.04. The largest absolute Gasteiger partial charge is 0.481 e. The van der Waals surface area contributed by atoms with Crippen LogP contribution in [0.1, 0.15) is 19.4 Å². The minimum atomic E-state index is -0.984. The average Bonchev–Trinajstić information content (AvgIpc) is 2.35. The number of rotatable bonds is 4. The zero-order valence-corrected chi connectivity index (χ0v) is 11.7. The van der Waals surface area contributed by atoms with E-state index < -0.39 is 11.4 Å². The van der Waals surface area contributed by atoms with Gasteiger partial charge in [-0.15, -0.1) is 0 Å². The lowest BCUT2D eigenvalue weighted by molar-refractivity contribution is -0.146. The highest BCUT2D eigenvalue weighted by molar-refractivity contribution is 5.92. The number of carboxylic acid groups (broad SMARTS) is 1. The number of nitrogens with one attached hydrogen (secondary N) is 1. The van der Waals surface area contributed by atoms with E-state index in [0.29, 0.717) is 0 Å². The maximum absolute atomic E-state index is 12.0. The number of nitrogens with zero attached hydrogens (tertiary/aromatic N) is 1. The lowest BCUT2D eigenvalue weighted by Gasteiger charge is -2.24. The summed E-state index contributed by atoms with van der Waals surface area (Å²) < 4.78 is 0. The van der Waals surface area contributed by atoms with Crippen LogP contribution in [0.2, 0.25) is 0 Å². The molecule has 0 heterocycles. The fourth-order valence-electron chi connectivity index (χ4n) is 1.54. The zero-order valence-electron chi connectivity index (χ0n) is 11.7. The van der Waals surface area contributed by atoms with Gasteiger partial charge in [0.05, 0.1) is 5.41 Å². The lowest BCUT2D eigenvalue weighted by atomic mass is 9.94. The van der Waals surface area contributed by atoms with Gasteiger partial charge in [0, 0.05) is 19.3 Å². The Balaban J connectivity index is 2.70. The molecule has 0 fully saturated rings. The molecular formula is C14H20N2O3. The molecule has 2 amide bonds. The summed E-state index contributed by atoms with van der Waals surface area (Å²) in [6.07, 6.45) is 0. The third kappa shape index (κ3) is 3.71. The number of carbonyl (C=O) groups is 2.